The van der Waals surface area contributed by atoms with Gasteiger partial charge < -0.3 is 9.84 Å². The Morgan fingerprint density at radius 2 is 1.59 bits per heavy atom. The van der Waals surface area contributed by atoms with Crippen molar-refractivity contribution in [2.75, 3.05) is 6.61 Å². The van der Waals surface area contributed by atoms with Crippen LogP contribution in [0.25, 0.3) is 0 Å². The highest BCUT2D eigenvalue weighted by Gasteiger charge is 2.32. The molecule has 0 aliphatic heterocycles. The van der Waals surface area contributed by atoms with Gasteiger partial charge in [-0.3, -0.25) is 0 Å². The van der Waals surface area contributed by atoms with Crippen molar-refractivity contribution in [1.82, 2.24) is 0 Å². The Kier molecular flexibility index (Phi) is 8.68. The maximum absolute atomic E-state index is 14.6. The van der Waals surface area contributed by atoms with Gasteiger partial charge in [0.15, 0.2) is 5.82 Å². The fraction of sp³-hybridized carbons (Fsp3) is 0.760. The lowest BCUT2D eigenvalue weighted by Gasteiger charge is -2.38. The molecule has 2 aliphatic rings. The molecule has 29 heavy (non-hydrogen) atoms. The monoisotopic (exact) mass is 424 g/mol. The molecule has 4 heteroatoms. The predicted octanol–water partition coefficient (Wildman–Crippen LogP) is 7.71. The molecule has 0 aromatic heterocycles. The Bertz CT molecular complexity index is 634. The second-order valence-corrected chi connectivity index (χ2v) is 9.69. The Hall–Kier alpha value is -0.800. The van der Waals surface area contributed by atoms with Crippen molar-refractivity contribution < 1.29 is 14.2 Å². The number of halogens is 2. The van der Waals surface area contributed by atoms with Crippen LogP contribution in [0.5, 0.6) is 5.75 Å². The zero-order chi connectivity index (χ0) is 20.8. The molecule has 3 rings (SSSR count). The van der Waals surface area contributed by atoms with Crippen LogP contribution in [0.15, 0.2) is 12.1 Å². The van der Waals surface area contributed by atoms with E-state index in [1.807, 2.05) is 6.92 Å². The second-order valence-electron chi connectivity index (χ2n) is 9.32. The van der Waals surface area contributed by atoms with Crippen molar-refractivity contribution in [3.05, 3.63) is 28.5 Å². The molecule has 164 valence electrons. The van der Waals surface area contributed by atoms with Crippen LogP contribution in [-0.4, -0.2) is 11.7 Å². The maximum atomic E-state index is 14.6. The molecule has 0 spiro atoms. The molecule has 0 bridgehead atoms. The first-order valence-corrected chi connectivity index (χ1v) is 12.2. The smallest absolute Gasteiger partial charge is 0.151 e. The van der Waals surface area contributed by atoms with Crippen molar-refractivity contribution in [2.45, 2.75) is 90.6 Å². The molecule has 0 amide bonds. The van der Waals surface area contributed by atoms with E-state index >= 15 is 0 Å². The van der Waals surface area contributed by atoms with Crippen LogP contribution in [-0.2, 0) is 0 Å². The number of ether oxygens (including phenoxy) is 1. The first kappa shape index (κ1) is 22.9. The molecule has 1 N–H and O–H groups in total. The highest BCUT2D eigenvalue weighted by atomic mass is 35.5. The molecule has 0 saturated heterocycles. The first-order chi connectivity index (χ1) is 14.0. The molecule has 2 saturated carbocycles. The predicted molar refractivity (Wildman–Crippen MR) is 118 cm³/mol. The van der Waals surface area contributed by atoms with E-state index in [2.05, 4.69) is 6.92 Å². The van der Waals surface area contributed by atoms with E-state index < -0.39 is 11.9 Å². The summed E-state index contributed by atoms with van der Waals surface area (Å²) in [4.78, 5) is 0. The van der Waals surface area contributed by atoms with Crippen LogP contribution in [0.1, 0.15) is 96.1 Å². The van der Waals surface area contributed by atoms with Gasteiger partial charge >= 0.3 is 0 Å². The van der Waals surface area contributed by atoms with E-state index in [9.17, 15) is 9.50 Å². The van der Waals surface area contributed by atoms with Gasteiger partial charge in [0, 0.05) is 5.56 Å². The summed E-state index contributed by atoms with van der Waals surface area (Å²) >= 11 is 6.09. The summed E-state index contributed by atoms with van der Waals surface area (Å²) < 4.78 is 19.9. The third-order valence-corrected chi connectivity index (χ3v) is 7.79. The van der Waals surface area contributed by atoms with E-state index in [0.717, 1.165) is 30.6 Å². The number of hydrogen-bond acceptors (Lipinski definition) is 2. The van der Waals surface area contributed by atoms with E-state index in [1.165, 1.54) is 51.4 Å². The van der Waals surface area contributed by atoms with Crippen molar-refractivity contribution in [3.8, 4) is 5.75 Å². The summed E-state index contributed by atoms with van der Waals surface area (Å²) in [5.41, 5.74) is 0.301. The Balaban J connectivity index is 1.48. The minimum absolute atomic E-state index is 0.0224. The first-order valence-electron chi connectivity index (χ1n) is 11.8. The summed E-state index contributed by atoms with van der Waals surface area (Å²) in [7, 11) is 0. The average molecular weight is 425 g/mol. The van der Waals surface area contributed by atoms with Crippen LogP contribution in [0.3, 0.4) is 0 Å². The molecule has 0 radical (unpaired) electrons. The van der Waals surface area contributed by atoms with Gasteiger partial charge in [-0.15, -0.1) is 0 Å². The lowest BCUT2D eigenvalue weighted by molar-refractivity contribution is 0.0989. The number of aliphatic hydroxyl groups is 1. The van der Waals surface area contributed by atoms with Gasteiger partial charge in [0.1, 0.15) is 10.8 Å². The largest absolute Gasteiger partial charge is 0.492 e. The maximum Gasteiger partial charge on any atom is 0.151 e. The fourth-order valence-electron chi connectivity index (χ4n) is 5.77. The van der Waals surface area contributed by atoms with Gasteiger partial charge in [-0.1, -0.05) is 57.0 Å². The Labute approximate surface area is 181 Å². The quantitative estimate of drug-likeness (QED) is 0.462. The molecule has 2 nitrogen and oxygen atoms in total. The van der Waals surface area contributed by atoms with Gasteiger partial charge in [0.2, 0.25) is 0 Å². The molecular formula is C25H38ClFO2. The standard InChI is InChI=1S/C25H38ClFO2/c1-3-5-17-6-10-19(11-7-17)20-12-8-18(9-13-20)16-22(28)21-14-15-23(29-4-2)24(26)25(21)27/h14-15,17-20,22,28H,3-13,16H2,1-2H3/t17-,18?,19-,20?,22?. The van der Waals surface area contributed by atoms with Crippen molar-refractivity contribution >= 4 is 11.6 Å². The zero-order valence-electron chi connectivity index (χ0n) is 18.1. The SMILES string of the molecule is CCC[C@H]1CC[C@H](C2CCC(CC(O)c3ccc(OCC)c(Cl)c3F)CC2)CC1. The molecular weight excluding hydrogens is 387 g/mol. The third kappa shape index (κ3) is 5.88. The highest BCUT2D eigenvalue weighted by Crippen LogP contribution is 2.44. The third-order valence-electron chi connectivity index (χ3n) is 7.44. The second kappa shape index (κ2) is 11.0. The lowest BCUT2D eigenvalue weighted by Crippen LogP contribution is -2.26. The van der Waals surface area contributed by atoms with Crippen LogP contribution in [0, 0.1) is 29.5 Å². The molecule has 2 fully saturated rings. The fourth-order valence-corrected chi connectivity index (χ4v) is 5.99. The molecule has 1 aromatic rings. The Morgan fingerprint density at radius 3 is 2.14 bits per heavy atom. The summed E-state index contributed by atoms with van der Waals surface area (Å²) in [6.07, 6.45) is 13.1. The van der Waals surface area contributed by atoms with Gasteiger partial charge in [-0.05, 0) is 74.8 Å². The zero-order valence-corrected chi connectivity index (χ0v) is 18.9. The summed E-state index contributed by atoms with van der Waals surface area (Å²) in [5, 5.41) is 10.6. The average Bonchev–Trinajstić information content (AvgIpc) is 2.73. The summed E-state index contributed by atoms with van der Waals surface area (Å²) in [6.45, 7) is 4.57. The minimum Gasteiger partial charge on any atom is -0.492 e. The minimum atomic E-state index is -0.797. The molecule has 2 aliphatic carbocycles. The summed E-state index contributed by atoms with van der Waals surface area (Å²) in [6, 6.07) is 3.29. The van der Waals surface area contributed by atoms with Gasteiger partial charge in [-0.25, -0.2) is 4.39 Å². The number of aliphatic hydroxyl groups excluding tert-OH is 1. The van der Waals surface area contributed by atoms with Crippen LogP contribution < -0.4 is 4.74 Å². The normalized spacial score (nSPS) is 28.9. The molecule has 1 atom stereocenters. The molecule has 1 unspecified atom stereocenters. The number of benzene rings is 1. The van der Waals surface area contributed by atoms with Gasteiger partial charge in [0.25, 0.3) is 0 Å². The van der Waals surface area contributed by atoms with Crippen LogP contribution >= 0.6 is 11.6 Å². The van der Waals surface area contributed by atoms with Crippen molar-refractivity contribution in [1.29, 1.82) is 0 Å². The van der Waals surface area contributed by atoms with E-state index in [4.69, 9.17) is 16.3 Å². The lowest BCUT2D eigenvalue weighted by atomic mass is 9.68. The van der Waals surface area contributed by atoms with E-state index in [-0.39, 0.29) is 5.02 Å². The summed E-state index contributed by atoms with van der Waals surface area (Å²) in [5.74, 6) is 3.03. The number of hydrogen-bond donors (Lipinski definition) is 1. The Morgan fingerprint density at radius 1 is 1.00 bits per heavy atom. The molecule has 1 aromatic carbocycles. The van der Waals surface area contributed by atoms with Crippen LogP contribution in [0.4, 0.5) is 4.39 Å². The topological polar surface area (TPSA) is 29.5 Å². The van der Waals surface area contributed by atoms with E-state index in [0.29, 0.717) is 30.3 Å². The van der Waals surface area contributed by atoms with Crippen molar-refractivity contribution in [3.63, 3.8) is 0 Å². The van der Waals surface area contributed by atoms with Gasteiger partial charge in [0.05, 0.1) is 12.7 Å². The molecule has 0 heterocycles. The number of rotatable bonds is 8. The van der Waals surface area contributed by atoms with Crippen molar-refractivity contribution in [2.24, 2.45) is 23.7 Å². The van der Waals surface area contributed by atoms with E-state index in [1.54, 1.807) is 12.1 Å². The highest BCUT2D eigenvalue weighted by molar-refractivity contribution is 6.32. The van der Waals surface area contributed by atoms with Gasteiger partial charge in [-0.2, -0.15) is 0 Å². The van der Waals surface area contributed by atoms with Crippen LogP contribution in [0.2, 0.25) is 5.02 Å².